The molecule has 0 aromatic carbocycles. The monoisotopic (exact) mass is 260 g/mol. The first kappa shape index (κ1) is 12.4. The summed E-state index contributed by atoms with van der Waals surface area (Å²) in [5, 5.41) is 4.66. The average molecular weight is 260 g/mol. The Bertz CT molecular complexity index is 577. The molecule has 0 unspecified atom stereocenters. The van der Waals surface area contributed by atoms with Gasteiger partial charge in [0.25, 0.3) is 0 Å². The van der Waals surface area contributed by atoms with Crippen LogP contribution in [0.4, 0.5) is 5.13 Å². The third kappa shape index (κ3) is 2.98. The van der Waals surface area contributed by atoms with Gasteiger partial charge in [-0.1, -0.05) is 17.4 Å². The first-order valence-electron chi connectivity index (χ1n) is 5.34. The van der Waals surface area contributed by atoms with E-state index < -0.39 is 0 Å². The Kier molecular flexibility index (Phi) is 3.78. The molecule has 0 spiro atoms. The van der Waals surface area contributed by atoms with Crippen molar-refractivity contribution in [3.8, 4) is 0 Å². The molecule has 2 aromatic rings. The molecule has 0 amide bonds. The van der Waals surface area contributed by atoms with Crippen molar-refractivity contribution in [2.75, 3.05) is 5.43 Å². The number of hydrogen-bond donors (Lipinski definition) is 1. The first-order chi connectivity index (χ1) is 8.66. The zero-order valence-electron chi connectivity index (χ0n) is 10.0. The van der Waals surface area contributed by atoms with Crippen LogP contribution in [0, 0.1) is 6.92 Å². The van der Waals surface area contributed by atoms with E-state index in [1.807, 2.05) is 19.1 Å². The van der Waals surface area contributed by atoms with E-state index in [0.29, 0.717) is 10.0 Å². The van der Waals surface area contributed by atoms with E-state index in [1.165, 1.54) is 18.3 Å². The van der Waals surface area contributed by atoms with Gasteiger partial charge in [0.15, 0.2) is 5.78 Å². The minimum absolute atomic E-state index is 0.0225. The lowest BCUT2D eigenvalue weighted by Gasteiger charge is -1.92. The lowest BCUT2D eigenvalue weighted by atomic mass is 10.3. The minimum Gasteiger partial charge on any atom is -0.294 e. The highest BCUT2D eigenvalue weighted by Crippen LogP contribution is 2.22. The predicted molar refractivity (Wildman–Crippen MR) is 72.3 cm³/mol. The molecule has 0 fully saturated rings. The van der Waals surface area contributed by atoms with Crippen LogP contribution in [0.25, 0.3) is 0 Å². The van der Waals surface area contributed by atoms with Crippen LogP contribution in [0.5, 0.6) is 0 Å². The Morgan fingerprint density at radius 2 is 2.39 bits per heavy atom. The summed E-state index contributed by atoms with van der Waals surface area (Å²) in [4.78, 5) is 20.1. The van der Waals surface area contributed by atoms with Crippen molar-refractivity contribution < 1.29 is 4.79 Å². The molecule has 0 radical (unpaired) electrons. The van der Waals surface area contributed by atoms with Gasteiger partial charge in [-0.15, -0.1) is 0 Å². The van der Waals surface area contributed by atoms with Gasteiger partial charge in [-0.05, 0) is 13.0 Å². The molecule has 0 bridgehead atoms. The summed E-state index contributed by atoms with van der Waals surface area (Å²) in [5.74, 6) is 0.0225. The number of hydrogen-bond acceptors (Lipinski definition) is 6. The Morgan fingerprint density at radius 1 is 1.56 bits per heavy atom. The van der Waals surface area contributed by atoms with Crippen LogP contribution in [0.3, 0.4) is 0 Å². The normalized spacial score (nSPS) is 10.8. The zero-order chi connectivity index (χ0) is 13.0. The van der Waals surface area contributed by atoms with Crippen molar-refractivity contribution in [1.82, 2.24) is 9.97 Å². The van der Waals surface area contributed by atoms with E-state index in [9.17, 15) is 4.79 Å². The van der Waals surface area contributed by atoms with Crippen molar-refractivity contribution in [2.45, 2.75) is 13.8 Å². The number of aromatic nitrogens is 2. The molecule has 2 aromatic heterocycles. The number of Topliss-reactive ketones (excluding diaryl/α,β-unsaturated/α-hetero) is 1. The fraction of sp³-hybridized carbons (Fsp3) is 0.167. The summed E-state index contributed by atoms with van der Waals surface area (Å²) >= 11 is 1.30. The lowest BCUT2D eigenvalue weighted by Crippen LogP contribution is -1.90. The number of thiazole rings is 1. The standard InChI is InChI=1S/C12H12N4OS/c1-8-11(9(2)17)18-12(15-8)16-14-7-10-4-3-5-13-6-10/h3-7H,1-2H3,(H,15,16)/b14-7+. The summed E-state index contributed by atoms with van der Waals surface area (Å²) in [5.41, 5.74) is 4.43. The summed E-state index contributed by atoms with van der Waals surface area (Å²) < 4.78 is 0. The smallest absolute Gasteiger partial charge is 0.204 e. The fourth-order valence-electron chi connectivity index (χ4n) is 1.39. The molecule has 6 heteroatoms. The summed E-state index contributed by atoms with van der Waals surface area (Å²) in [6, 6.07) is 3.73. The van der Waals surface area contributed by atoms with Crippen molar-refractivity contribution in [1.29, 1.82) is 0 Å². The van der Waals surface area contributed by atoms with Crippen molar-refractivity contribution in [3.05, 3.63) is 40.7 Å². The van der Waals surface area contributed by atoms with Gasteiger partial charge >= 0.3 is 0 Å². The van der Waals surface area contributed by atoms with E-state index in [0.717, 1.165) is 11.3 Å². The molecular formula is C12H12N4OS. The molecule has 2 heterocycles. The third-order valence-electron chi connectivity index (χ3n) is 2.17. The van der Waals surface area contributed by atoms with Gasteiger partial charge in [-0.2, -0.15) is 5.10 Å². The van der Waals surface area contributed by atoms with Gasteiger partial charge in [0.1, 0.15) is 0 Å². The summed E-state index contributed by atoms with van der Waals surface area (Å²) in [6.07, 6.45) is 5.06. The summed E-state index contributed by atoms with van der Waals surface area (Å²) in [6.45, 7) is 3.34. The fourth-order valence-corrected chi connectivity index (χ4v) is 2.20. The second kappa shape index (κ2) is 5.50. The van der Waals surface area contributed by atoms with Gasteiger partial charge in [0, 0.05) is 24.9 Å². The molecule has 0 saturated heterocycles. The average Bonchev–Trinajstić information content (AvgIpc) is 2.72. The number of nitrogens with zero attached hydrogens (tertiary/aromatic N) is 3. The first-order valence-corrected chi connectivity index (χ1v) is 6.16. The topological polar surface area (TPSA) is 67.2 Å². The van der Waals surface area contributed by atoms with Crippen molar-refractivity contribution in [3.63, 3.8) is 0 Å². The zero-order valence-corrected chi connectivity index (χ0v) is 10.9. The SMILES string of the molecule is CC(=O)c1sc(N/N=C/c2cccnc2)nc1C. The molecule has 1 N–H and O–H groups in total. The number of carbonyl (C=O) groups excluding carboxylic acids is 1. The summed E-state index contributed by atoms with van der Waals surface area (Å²) in [7, 11) is 0. The van der Waals surface area contributed by atoms with E-state index in [1.54, 1.807) is 18.6 Å². The number of ketones is 1. The molecule has 0 aliphatic heterocycles. The van der Waals surface area contributed by atoms with Crippen LogP contribution in [-0.4, -0.2) is 22.0 Å². The lowest BCUT2D eigenvalue weighted by molar-refractivity contribution is 0.102. The number of nitrogens with one attached hydrogen (secondary N) is 1. The number of rotatable bonds is 4. The molecule has 0 saturated carbocycles. The van der Waals surface area contributed by atoms with Crippen LogP contribution < -0.4 is 5.43 Å². The molecule has 0 atom stereocenters. The Hall–Kier alpha value is -2.08. The second-order valence-electron chi connectivity index (χ2n) is 3.65. The maximum atomic E-state index is 11.3. The van der Waals surface area contributed by atoms with Crippen LogP contribution in [0.2, 0.25) is 0 Å². The molecule has 0 aliphatic rings. The van der Waals surface area contributed by atoms with E-state index >= 15 is 0 Å². The van der Waals surface area contributed by atoms with Crippen LogP contribution in [0.15, 0.2) is 29.6 Å². The van der Waals surface area contributed by atoms with E-state index in [4.69, 9.17) is 0 Å². The minimum atomic E-state index is 0.0225. The Morgan fingerprint density at radius 3 is 3.00 bits per heavy atom. The van der Waals surface area contributed by atoms with Gasteiger partial charge in [-0.25, -0.2) is 4.98 Å². The van der Waals surface area contributed by atoms with Gasteiger partial charge in [0.05, 0.1) is 16.8 Å². The van der Waals surface area contributed by atoms with Crippen molar-refractivity contribution in [2.24, 2.45) is 5.10 Å². The molecule has 18 heavy (non-hydrogen) atoms. The van der Waals surface area contributed by atoms with E-state index in [-0.39, 0.29) is 5.78 Å². The number of hydrazone groups is 1. The van der Waals surface area contributed by atoms with Gasteiger partial charge in [0.2, 0.25) is 5.13 Å². The number of anilines is 1. The van der Waals surface area contributed by atoms with E-state index in [2.05, 4.69) is 20.5 Å². The van der Waals surface area contributed by atoms with Crippen LogP contribution in [0.1, 0.15) is 27.9 Å². The largest absolute Gasteiger partial charge is 0.294 e. The third-order valence-corrected chi connectivity index (χ3v) is 3.34. The highest BCUT2D eigenvalue weighted by molar-refractivity contribution is 7.17. The molecule has 92 valence electrons. The molecule has 5 nitrogen and oxygen atoms in total. The predicted octanol–water partition coefficient (Wildman–Crippen LogP) is 2.50. The second-order valence-corrected chi connectivity index (χ2v) is 4.65. The molecule has 2 rings (SSSR count). The molecule has 0 aliphatic carbocycles. The number of aryl methyl sites for hydroxylation is 1. The number of carbonyl (C=O) groups is 1. The van der Waals surface area contributed by atoms with Crippen LogP contribution >= 0.6 is 11.3 Å². The highest BCUT2D eigenvalue weighted by Gasteiger charge is 2.10. The Labute approximate surface area is 109 Å². The molecular weight excluding hydrogens is 248 g/mol. The van der Waals surface area contributed by atoms with Crippen LogP contribution in [-0.2, 0) is 0 Å². The number of pyridine rings is 1. The Balaban J connectivity index is 2.05. The highest BCUT2D eigenvalue weighted by atomic mass is 32.1. The quantitative estimate of drug-likeness (QED) is 0.521. The van der Waals surface area contributed by atoms with Gasteiger partial charge in [-0.3, -0.25) is 15.2 Å². The van der Waals surface area contributed by atoms with Gasteiger partial charge < -0.3 is 0 Å². The maximum absolute atomic E-state index is 11.3. The van der Waals surface area contributed by atoms with Crippen molar-refractivity contribution >= 4 is 28.5 Å². The maximum Gasteiger partial charge on any atom is 0.204 e.